The summed E-state index contributed by atoms with van der Waals surface area (Å²) in [7, 11) is 0. The van der Waals surface area contributed by atoms with Crippen LogP contribution in [0.5, 0.6) is 0 Å². The molecule has 0 bridgehead atoms. The van der Waals surface area contributed by atoms with E-state index in [1.54, 1.807) is 0 Å². The molecule has 2 aliphatic rings. The molecule has 0 saturated heterocycles. The Labute approximate surface area is 101 Å². The molecule has 94 valence electrons. The third kappa shape index (κ3) is 3.23. The van der Waals surface area contributed by atoms with Gasteiger partial charge in [-0.25, -0.2) is 0 Å². The first-order chi connectivity index (χ1) is 7.79. The van der Waals surface area contributed by atoms with Crippen molar-refractivity contribution in [3.8, 4) is 0 Å². The molecular formula is C15H28O. The van der Waals surface area contributed by atoms with Crippen molar-refractivity contribution in [1.29, 1.82) is 0 Å². The fourth-order valence-corrected chi connectivity index (χ4v) is 3.93. The van der Waals surface area contributed by atoms with Crippen LogP contribution in [0, 0.1) is 17.8 Å². The molecule has 0 aromatic carbocycles. The van der Waals surface area contributed by atoms with Crippen LogP contribution in [0.2, 0.25) is 0 Å². The van der Waals surface area contributed by atoms with Gasteiger partial charge in [0, 0.05) is 0 Å². The minimum Gasteiger partial charge on any atom is -0.393 e. The van der Waals surface area contributed by atoms with Crippen LogP contribution in [0.15, 0.2) is 0 Å². The lowest BCUT2D eigenvalue weighted by molar-refractivity contribution is 0.0764. The molecule has 0 aromatic rings. The summed E-state index contributed by atoms with van der Waals surface area (Å²) in [5.74, 6) is 2.99. The highest BCUT2D eigenvalue weighted by Gasteiger charge is 2.29. The van der Waals surface area contributed by atoms with E-state index in [0.717, 1.165) is 30.6 Å². The normalized spacial score (nSPS) is 40.9. The molecular weight excluding hydrogens is 196 g/mol. The van der Waals surface area contributed by atoms with Crippen molar-refractivity contribution < 1.29 is 5.11 Å². The van der Waals surface area contributed by atoms with E-state index in [4.69, 9.17) is 0 Å². The Balaban J connectivity index is 1.72. The van der Waals surface area contributed by atoms with E-state index in [-0.39, 0.29) is 6.10 Å². The average molecular weight is 224 g/mol. The third-order valence-electron chi connectivity index (χ3n) is 5.00. The Bertz CT molecular complexity index is 186. The van der Waals surface area contributed by atoms with Crippen LogP contribution < -0.4 is 0 Å². The molecule has 1 nitrogen and oxygen atoms in total. The van der Waals surface area contributed by atoms with Gasteiger partial charge >= 0.3 is 0 Å². The number of aliphatic hydroxyl groups excluding tert-OH is 1. The van der Waals surface area contributed by atoms with E-state index < -0.39 is 0 Å². The quantitative estimate of drug-likeness (QED) is 0.763. The minimum atomic E-state index is 0.0210. The second kappa shape index (κ2) is 6.05. The number of hydrogen-bond donors (Lipinski definition) is 1. The largest absolute Gasteiger partial charge is 0.393 e. The van der Waals surface area contributed by atoms with Crippen LogP contribution in [0.3, 0.4) is 0 Å². The summed E-state index contributed by atoms with van der Waals surface area (Å²) in [6, 6.07) is 0. The van der Waals surface area contributed by atoms with Crippen LogP contribution in [0.1, 0.15) is 71.1 Å². The van der Waals surface area contributed by atoms with Gasteiger partial charge in [-0.3, -0.25) is 0 Å². The summed E-state index contributed by atoms with van der Waals surface area (Å²) in [6.45, 7) is 2.31. The van der Waals surface area contributed by atoms with E-state index in [0.29, 0.717) is 0 Å². The SMILES string of the molecule is CCC[C@H]1CC[C@H](C2CCC(O)CC2)CC1. The zero-order valence-electron chi connectivity index (χ0n) is 10.8. The van der Waals surface area contributed by atoms with Crippen LogP contribution in [-0.4, -0.2) is 11.2 Å². The lowest BCUT2D eigenvalue weighted by Gasteiger charge is -2.36. The van der Waals surface area contributed by atoms with Gasteiger partial charge < -0.3 is 5.11 Å². The van der Waals surface area contributed by atoms with E-state index in [9.17, 15) is 5.11 Å². The van der Waals surface area contributed by atoms with Crippen LogP contribution in [0.25, 0.3) is 0 Å². The fraction of sp³-hybridized carbons (Fsp3) is 1.00. The highest BCUT2D eigenvalue weighted by atomic mass is 16.3. The molecule has 2 saturated carbocycles. The van der Waals surface area contributed by atoms with Gasteiger partial charge in [0.05, 0.1) is 6.10 Å². The minimum absolute atomic E-state index is 0.0210. The summed E-state index contributed by atoms with van der Waals surface area (Å²) >= 11 is 0. The maximum Gasteiger partial charge on any atom is 0.0540 e. The maximum atomic E-state index is 9.54. The molecule has 1 N–H and O–H groups in total. The molecule has 0 amide bonds. The number of hydrogen-bond acceptors (Lipinski definition) is 1. The average Bonchev–Trinajstić information content (AvgIpc) is 2.32. The molecule has 2 fully saturated rings. The van der Waals surface area contributed by atoms with E-state index >= 15 is 0 Å². The number of rotatable bonds is 3. The van der Waals surface area contributed by atoms with Crippen molar-refractivity contribution in [3.63, 3.8) is 0 Å². The highest BCUT2D eigenvalue weighted by Crippen LogP contribution is 2.40. The Morgan fingerprint density at radius 3 is 1.81 bits per heavy atom. The van der Waals surface area contributed by atoms with Gasteiger partial charge in [-0.05, 0) is 56.3 Å². The summed E-state index contributed by atoms with van der Waals surface area (Å²) in [5, 5.41) is 9.54. The van der Waals surface area contributed by atoms with Gasteiger partial charge in [-0.2, -0.15) is 0 Å². The van der Waals surface area contributed by atoms with Crippen molar-refractivity contribution >= 4 is 0 Å². The van der Waals surface area contributed by atoms with Gasteiger partial charge in [0.15, 0.2) is 0 Å². The lowest BCUT2D eigenvalue weighted by atomic mass is 9.70. The van der Waals surface area contributed by atoms with Crippen LogP contribution >= 0.6 is 0 Å². The zero-order valence-corrected chi connectivity index (χ0v) is 10.8. The molecule has 0 heterocycles. The van der Waals surface area contributed by atoms with Gasteiger partial charge in [0.1, 0.15) is 0 Å². The first kappa shape index (κ1) is 12.4. The first-order valence-corrected chi connectivity index (χ1v) is 7.47. The van der Waals surface area contributed by atoms with Crippen molar-refractivity contribution in [1.82, 2.24) is 0 Å². The topological polar surface area (TPSA) is 20.2 Å². The van der Waals surface area contributed by atoms with Gasteiger partial charge in [-0.15, -0.1) is 0 Å². The molecule has 0 unspecified atom stereocenters. The Morgan fingerprint density at radius 2 is 1.31 bits per heavy atom. The molecule has 0 aliphatic heterocycles. The van der Waals surface area contributed by atoms with Gasteiger partial charge in [0.25, 0.3) is 0 Å². The molecule has 0 spiro atoms. The molecule has 2 rings (SSSR count). The lowest BCUT2D eigenvalue weighted by Crippen LogP contribution is -2.27. The van der Waals surface area contributed by atoms with E-state index in [1.165, 1.54) is 51.4 Å². The standard InChI is InChI=1S/C15H28O/c1-2-3-12-4-6-13(7-5-12)14-8-10-15(16)11-9-14/h12-16H,2-11H2,1H3/t12-,13-,14?,15?. The van der Waals surface area contributed by atoms with Crippen LogP contribution in [0.4, 0.5) is 0 Å². The first-order valence-electron chi connectivity index (χ1n) is 7.47. The van der Waals surface area contributed by atoms with E-state index in [2.05, 4.69) is 6.92 Å². The molecule has 0 radical (unpaired) electrons. The fourth-order valence-electron chi connectivity index (χ4n) is 3.93. The summed E-state index contributed by atoms with van der Waals surface area (Å²) in [6.07, 6.45) is 13.5. The highest BCUT2D eigenvalue weighted by molar-refractivity contribution is 4.81. The molecule has 1 heteroatoms. The summed E-state index contributed by atoms with van der Waals surface area (Å²) < 4.78 is 0. The number of aliphatic hydroxyl groups is 1. The smallest absolute Gasteiger partial charge is 0.0540 e. The third-order valence-corrected chi connectivity index (χ3v) is 5.00. The Morgan fingerprint density at radius 1 is 0.812 bits per heavy atom. The summed E-state index contributed by atoms with van der Waals surface area (Å²) in [4.78, 5) is 0. The predicted octanol–water partition coefficient (Wildman–Crippen LogP) is 4.14. The van der Waals surface area contributed by atoms with Gasteiger partial charge in [-0.1, -0.05) is 32.6 Å². The van der Waals surface area contributed by atoms with Crippen molar-refractivity contribution in [2.45, 2.75) is 77.2 Å². The van der Waals surface area contributed by atoms with Crippen molar-refractivity contribution in [2.75, 3.05) is 0 Å². The predicted molar refractivity (Wildman–Crippen MR) is 68.3 cm³/mol. The zero-order chi connectivity index (χ0) is 11.4. The molecule has 16 heavy (non-hydrogen) atoms. The molecule has 0 atom stereocenters. The van der Waals surface area contributed by atoms with Crippen molar-refractivity contribution in [3.05, 3.63) is 0 Å². The molecule has 0 aromatic heterocycles. The monoisotopic (exact) mass is 224 g/mol. The van der Waals surface area contributed by atoms with Crippen molar-refractivity contribution in [2.24, 2.45) is 17.8 Å². The van der Waals surface area contributed by atoms with E-state index in [1.807, 2.05) is 0 Å². The molecule has 2 aliphatic carbocycles. The Hall–Kier alpha value is -0.0400. The summed E-state index contributed by atoms with van der Waals surface area (Å²) in [5.41, 5.74) is 0. The Kier molecular flexibility index (Phi) is 4.69. The maximum absolute atomic E-state index is 9.54. The second-order valence-electron chi connectivity index (χ2n) is 6.14. The van der Waals surface area contributed by atoms with Gasteiger partial charge in [0.2, 0.25) is 0 Å². The van der Waals surface area contributed by atoms with Crippen LogP contribution in [-0.2, 0) is 0 Å². The second-order valence-corrected chi connectivity index (χ2v) is 6.14.